The number of urea groups is 1. The maximum atomic E-state index is 11.8. The molecule has 0 bridgehead atoms. The maximum absolute atomic E-state index is 11.8. The molecule has 0 unspecified atom stereocenters. The standard InChI is InChI=1S/C15H16Cl2N4O4S/c16-9-4-1-3-8(11(9)17)7-25-13-10(12(18)23)14(26-21-13)20-15(24)19-5-2-6-22/h1,3-4,22H,2,5-7H2,(H2,18,23)(H2,19,20,24). The monoisotopic (exact) mass is 418 g/mol. The molecule has 2 aromatic rings. The molecule has 140 valence electrons. The van der Waals surface area contributed by atoms with Crippen LogP contribution in [0.25, 0.3) is 0 Å². The predicted octanol–water partition coefficient (Wildman–Crippen LogP) is 2.63. The van der Waals surface area contributed by atoms with Gasteiger partial charge in [0.15, 0.2) is 0 Å². The Labute approximate surface area is 163 Å². The van der Waals surface area contributed by atoms with Crippen molar-refractivity contribution in [2.24, 2.45) is 5.73 Å². The molecule has 8 nitrogen and oxygen atoms in total. The molecule has 0 aliphatic carbocycles. The predicted molar refractivity (Wildman–Crippen MR) is 100 cm³/mol. The molecular formula is C15H16Cl2N4O4S. The lowest BCUT2D eigenvalue weighted by Gasteiger charge is -2.08. The van der Waals surface area contributed by atoms with Gasteiger partial charge in [-0.15, -0.1) is 0 Å². The van der Waals surface area contributed by atoms with Crippen LogP contribution in [0.4, 0.5) is 9.80 Å². The van der Waals surface area contributed by atoms with Gasteiger partial charge >= 0.3 is 6.03 Å². The zero-order valence-electron chi connectivity index (χ0n) is 13.4. The van der Waals surface area contributed by atoms with E-state index in [4.69, 9.17) is 38.8 Å². The Hall–Kier alpha value is -2.07. The molecular weight excluding hydrogens is 403 g/mol. The highest BCUT2D eigenvalue weighted by Gasteiger charge is 2.22. The minimum Gasteiger partial charge on any atom is -0.472 e. The molecule has 3 amide bonds. The third-order valence-corrected chi connectivity index (χ3v) is 4.75. The van der Waals surface area contributed by atoms with Crippen LogP contribution in [0.1, 0.15) is 22.3 Å². The van der Waals surface area contributed by atoms with Gasteiger partial charge in [0.25, 0.3) is 5.91 Å². The van der Waals surface area contributed by atoms with Crippen LogP contribution in [0.5, 0.6) is 5.88 Å². The molecule has 0 saturated carbocycles. The lowest BCUT2D eigenvalue weighted by atomic mass is 10.2. The first kappa shape index (κ1) is 20.2. The van der Waals surface area contributed by atoms with E-state index < -0.39 is 11.9 Å². The summed E-state index contributed by atoms with van der Waals surface area (Å²) in [6, 6.07) is 4.53. The molecule has 1 aromatic heterocycles. The van der Waals surface area contributed by atoms with Crippen molar-refractivity contribution in [3.63, 3.8) is 0 Å². The first-order valence-electron chi connectivity index (χ1n) is 7.45. The highest BCUT2D eigenvalue weighted by molar-refractivity contribution is 7.11. The highest BCUT2D eigenvalue weighted by atomic mass is 35.5. The average Bonchev–Trinajstić information content (AvgIpc) is 2.99. The number of aliphatic hydroxyl groups excluding tert-OH is 1. The molecule has 1 aromatic carbocycles. The molecule has 5 N–H and O–H groups in total. The number of carbonyl (C=O) groups is 2. The van der Waals surface area contributed by atoms with Gasteiger partial charge in [0.2, 0.25) is 5.88 Å². The van der Waals surface area contributed by atoms with Crippen molar-refractivity contribution in [2.45, 2.75) is 13.0 Å². The van der Waals surface area contributed by atoms with E-state index >= 15 is 0 Å². The van der Waals surface area contributed by atoms with Gasteiger partial charge in [0, 0.05) is 18.7 Å². The fraction of sp³-hybridized carbons (Fsp3) is 0.267. The maximum Gasteiger partial charge on any atom is 0.319 e. The Morgan fingerprint density at radius 3 is 2.81 bits per heavy atom. The van der Waals surface area contributed by atoms with E-state index in [1.54, 1.807) is 18.2 Å². The van der Waals surface area contributed by atoms with Crippen molar-refractivity contribution in [1.82, 2.24) is 9.69 Å². The number of primary amides is 1. The van der Waals surface area contributed by atoms with Gasteiger partial charge in [-0.1, -0.05) is 35.3 Å². The second-order valence-corrected chi connectivity index (χ2v) is 6.57. The summed E-state index contributed by atoms with van der Waals surface area (Å²) in [5.74, 6) is -0.805. The zero-order valence-corrected chi connectivity index (χ0v) is 15.7. The molecule has 0 aliphatic rings. The van der Waals surface area contributed by atoms with Crippen molar-refractivity contribution in [1.29, 1.82) is 0 Å². The second-order valence-electron chi connectivity index (χ2n) is 5.02. The van der Waals surface area contributed by atoms with Crippen LogP contribution in [0.2, 0.25) is 10.0 Å². The number of rotatable bonds is 8. The molecule has 0 radical (unpaired) electrons. The Kier molecular flexibility index (Phi) is 7.46. The molecule has 1 heterocycles. The van der Waals surface area contributed by atoms with Crippen molar-refractivity contribution < 1.29 is 19.4 Å². The number of aromatic nitrogens is 1. The molecule has 0 fully saturated rings. The van der Waals surface area contributed by atoms with Crippen LogP contribution >= 0.6 is 34.7 Å². The normalized spacial score (nSPS) is 10.4. The quantitative estimate of drug-likeness (QED) is 0.490. The average molecular weight is 419 g/mol. The van der Waals surface area contributed by atoms with Crippen LogP contribution in [-0.2, 0) is 6.61 Å². The Bertz CT molecular complexity index is 800. The molecule has 11 heteroatoms. The summed E-state index contributed by atoms with van der Waals surface area (Å²) in [5.41, 5.74) is 5.95. The van der Waals surface area contributed by atoms with E-state index in [1.807, 2.05) is 0 Å². The number of anilines is 1. The van der Waals surface area contributed by atoms with Crippen molar-refractivity contribution in [3.05, 3.63) is 39.4 Å². The number of nitrogens with zero attached hydrogens (tertiary/aromatic N) is 1. The van der Waals surface area contributed by atoms with E-state index in [9.17, 15) is 9.59 Å². The number of halogens is 2. The molecule has 0 spiro atoms. The smallest absolute Gasteiger partial charge is 0.319 e. The summed E-state index contributed by atoms with van der Waals surface area (Å²) in [6.45, 7) is 0.257. The largest absolute Gasteiger partial charge is 0.472 e. The van der Waals surface area contributed by atoms with Gasteiger partial charge in [0.05, 0.1) is 10.0 Å². The fourth-order valence-corrected chi connectivity index (χ4v) is 3.02. The summed E-state index contributed by atoms with van der Waals surface area (Å²) in [5, 5.41) is 14.6. The lowest BCUT2D eigenvalue weighted by molar-refractivity contribution is 0.0996. The Morgan fingerprint density at radius 2 is 2.12 bits per heavy atom. The molecule has 0 atom stereocenters. The molecule has 26 heavy (non-hydrogen) atoms. The van der Waals surface area contributed by atoms with Crippen molar-refractivity contribution in [3.8, 4) is 5.88 Å². The van der Waals surface area contributed by atoms with E-state index in [2.05, 4.69) is 15.0 Å². The van der Waals surface area contributed by atoms with Crippen LogP contribution in [0.15, 0.2) is 18.2 Å². The lowest BCUT2D eigenvalue weighted by Crippen LogP contribution is -2.30. The summed E-state index contributed by atoms with van der Waals surface area (Å²) in [4.78, 5) is 23.5. The highest BCUT2D eigenvalue weighted by Crippen LogP contribution is 2.32. The number of aliphatic hydroxyl groups is 1. The number of hydrogen-bond acceptors (Lipinski definition) is 6. The van der Waals surface area contributed by atoms with Crippen molar-refractivity contribution >= 4 is 51.7 Å². The van der Waals surface area contributed by atoms with Crippen LogP contribution in [0.3, 0.4) is 0 Å². The summed E-state index contributed by atoms with van der Waals surface area (Å²) in [6.07, 6.45) is 0.410. The van der Waals surface area contributed by atoms with E-state index in [-0.39, 0.29) is 36.2 Å². The van der Waals surface area contributed by atoms with E-state index in [0.29, 0.717) is 22.0 Å². The van der Waals surface area contributed by atoms with Crippen molar-refractivity contribution in [2.75, 3.05) is 18.5 Å². The van der Waals surface area contributed by atoms with E-state index in [0.717, 1.165) is 11.5 Å². The molecule has 0 saturated heterocycles. The van der Waals surface area contributed by atoms with Gasteiger partial charge in [-0.25, -0.2) is 4.79 Å². The molecule has 0 aliphatic heterocycles. The number of amides is 3. The second kappa shape index (κ2) is 9.58. The number of ether oxygens (including phenoxy) is 1. The summed E-state index contributed by atoms with van der Waals surface area (Å²) in [7, 11) is 0. The van der Waals surface area contributed by atoms with Crippen LogP contribution in [0, 0.1) is 0 Å². The zero-order chi connectivity index (χ0) is 19.1. The van der Waals surface area contributed by atoms with Gasteiger partial charge < -0.3 is 20.9 Å². The Balaban J connectivity index is 2.10. The number of carbonyl (C=O) groups excluding carboxylic acids is 2. The first-order chi connectivity index (χ1) is 12.4. The van der Waals surface area contributed by atoms with Gasteiger partial charge in [-0.05, 0) is 24.0 Å². The minimum absolute atomic E-state index is 0.01000. The summed E-state index contributed by atoms with van der Waals surface area (Å²) < 4.78 is 9.55. The van der Waals surface area contributed by atoms with Gasteiger partial charge in [-0.2, -0.15) is 4.37 Å². The third kappa shape index (κ3) is 5.21. The van der Waals surface area contributed by atoms with E-state index in [1.165, 1.54) is 0 Å². The summed E-state index contributed by atoms with van der Waals surface area (Å²) >= 11 is 12.9. The van der Waals surface area contributed by atoms with Crippen LogP contribution in [-0.4, -0.2) is 34.6 Å². The topological polar surface area (TPSA) is 127 Å². The third-order valence-electron chi connectivity index (χ3n) is 3.15. The first-order valence-corrected chi connectivity index (χ1v) is 8.97. The number of hydrogen-bond donors (Lipinski definition) is 4. The number of nitrogens with two attached hydrogens (primary N) is 1. The number of benzene rings is 1. The molecule has 2 rings (SSSR count). The van der Waals surface area contributed by atoms with Gasteiger partial charge in [-0.3, -0.25) is 10.1 Å². The minimum atomic E-state index is -0.795. The fourth-order valence-electron chi connectivity index (χ4n) is 1.91. The number of nitrogens with one attached hydrogen (secondary N) is 2. The van der Waals surface area contributed by atoms with Gasteiger partial charge in [0.1, 0.15) is 17.2 Å². The Morgan fingerprint density at radius 1 is 1.35 bits per heavy atom. The van der Waals surface area contributed by atoms with Crippen LogP contribution < -0.4 is 21.1 Å². The SMILES string of the molecule is NC(=O)c1c(OCc2cccc(Cl)c2Cl)nsc1NC(=O)NCCCO.